The van der Waals surface area contributed by atoms with E-state index in [1.807, 2.05) is 6.92 Å². The van der Waals surface area contributed by atoms with Crippen molar-refractivity contribution in [3.05, 3.63) is 28.5 Å². The molecule has 0 atom stereocenters. The minimum atomic E-state index is -0.261. The van der Waals surface area contributed by atoms with E-state index < -0.39 is 0 Å². The second-order valence-corrected chi connectivity index (χ2v) is 5.58. The summed E-state index contributed by atoms with van der Waals surface area (Å²) in [5.74, 6) is -0.261. The first-order chi connectivity index (χ1) is 8.58. The standard InChI is InChI=1S/C13H18BrFN2O/c1-2-18-10-6-13(7-10,8-16)17-9-3-4-12(15)11(14)5-9/h3-5,10,17H,2,6-8,16H2,1H3. The Kier molecular flexibility index (Phi) is 4.25. The minimum absolute atomic E-state index is 0.114. The van der Waals surface area contributed by atoms with Crippen molar-refractivity contribution in [3.8, 4) is 0 Å². The molecule has 0 aromatic heterocycles. The summed E-state index contributed by atoms with van der Waals surface area (Å²) < 4.78 is 19.2. The normalized spacial score (nSPS) is 26.8. The predicted octanol–water partition coefficient (Wildman–Crippen LogP) is 2.90. The summed E-state index contributed by atoms with van der Waals surface area (Å²) in [5.41, 5.74) is 6.60. The lowest BCUT2D eigenvalue weighted by atomic mass is 9.74. The van der Waals surface area contributed by atoms with Crippen LogP contribution < -0.4 is 11.1 Å². The summed E-state index contributed by atoms with van der Waals surface area (Å²) in [7, 11) is 0. The van der Waals surface area contributed by atoms with Crippen LogP contribution in [0.5, 0.6) is 0 Å². The summed E-state index contributed by atoms with van der Waals surface area (Å²) in [4.78, 5) is 0. The lowest BCUT2D eigenvalue weighted by molar-refractivity contribution is -0.0271. The minimum Gasteiger partial charge on any atom is -0.378 e. The maximum Gasteiger partial charge on any atom is 0.137 e. The third-order valence-corrected chi connectivity index (χ3v) is 3.97. The number of hydrogen-bond acceptors (Lipinski definition) is 3. The molecule has 3 N–H and O–H groups in total. The molecule has 0 bridgehead atoms. The Balaban J connectivity index is 2.01. The fourth-order valence-corrected chi connectivity index (χ4v) is 2.74. The van der Waals surface area contributed by atoms with Crippen LogP contribution >= 0.6 is 15.9 Å². The molecule has 100 valence electrons. The fraction of sp³-hybridized carbons (Fsp3) is 0.538. The fourth-order valence-electron chi connectivity index (χ4n) is 2.37. The molecule has 0 unspecified atom stereocenters. The molecule has 0 saturated heterocycles. The van der Waals surface area contributed by atoms with E-state index in [2.05, 4.69) is 21.2 Å². The Bertz CT molecular complexity index is 421. The van der Waals surface area contributed by atoms with Gasteiger partial charge in [0.25, 0.3) is 0 Å². The van der Waals surface area contributed by atoms with Gasteiger partial charge < -0.3 is 15.8 Å². The van der Waals surface area contributed by atoms with Crippen molar-refractivity contribution >= 4 is 21.6 Å². The molecule has 0 radical (unpaired) electrons. The van der Waals surface area contributed by atoms with Gasteiger partial charge in [0, 0.05) is 18.8 Å². The van der Waals surface area contributed by atoms with Gasteiger partial charge in [-0.3, -0.25) is 0 Å². The summed E-state index contributed by atoms with van der Waals surface area (Å²) in [6.07, 6.45) is 2.08. The van der Waals surface area contributed by atoms with Crippen molar-refractivity contribution in [1.29, 1.82) is 0 Å². The highest BCUT2D eigenvalue weighted by Crippen LogP contribution is 2.37. The predicted molar refractivity (Wildman–Crippen MR) is 74.2 cm³/mol. The topological polar surface area (TPSA) is 47.3 Å². The number of halogens is 2. The summed E-state index contributed by atoms with van der Waals surface area (Å²) in [6.45, 7) is 3.27. The van der Waals surface area contributed by atoms with Gasteiger partial charge >= 0.3 is 0 Å². The first-order valence-electron chi connectivity index (χ1n) is 6.13. The van der Waals surface area contributed by atoms with Crippen LogP contribution in [0.15, 0.2) is 22.7 Å². The monoisotopic (exact) mass is 316 g/mol. The largest absolute Gasteiger partial charge is 0.378 e. The average molecular weight is 317 g/mol. The van der Waals surface area contributed by atoms with Crippen LogP contribution in [0, 0.1) is 5.82 Å². The summed E-state index contributed by atoms with van der Waals surface area (Å²) in [6, 6.07) is 4.90. The van der Waals surface area contributed by atoms with Crippen LogP contribution in [-0.2, 0) is 4.74 Å². The lowest BCUT2D eigenvalue weighted by Gasteiger charge is -2.47. The first-order valence-corrected chi connectivity index (χ1v) is 6.93. The molecule has 1 saturated carbocycles. The van der Waals surface area contributed by atoms with E-state index >= 15 is 0 Å². The van der Waals surface area contributed by atoms with Gasteiger partial charge in [-0.25, -0.2) is 4.39 Å². The molecular formula is C13H18BrFN2O. The van der Waals surface area contributed by atoms with Gasteiger partial charge in [-0.05, 0) is 53.9 Å². The Hall–Kier alpha value is -0.650. The summed E-state index contributed by atoms with van der Waals surface area (Å²) >= 11 is 3.18. The molecule has 1 aliphatic rings. The Morgan fingerprint density at radius 1 is 1.56 bits per heavy atom. The Morgan fingerprint density at radius 2 is 2.28 bits per heavy atom. The first kappa shape index (κ1) is 13.8. The number of ether oxygens (including phenoxy) is 1. The molecular weight excluding hydrogens is 299 g/mol. The Labute approximate surface area is 115 Å². The van der Waals surface area contributed by atoms with Gasteiger partial charge in [-0.15, -0.1) is 0 Å². The zero-order chi connectivity index (χ0) is 13.2. The lowest BCUT2D eigenvalue weighted by Crippen LogP contribution is -2.58. The third-order valence-electron chi connectivity index (χ3n) is 3.36. The van der Waals surface area contributed by atoms with Crippen molar-refractivity contribution < 1.29 is 9.13 Å². The highest BCUT2D eigenvalue weighted by atomic mass is 79.9. The van der Waals surface area contributed by atoms with E-state index in [1.54, 1.807) is 12.1 Å². The zero-order valence-corrected chi connectivity index (χ0v) is 12.0. The maximum absolute atomic E-state index is 13.2. The van der Waals surface area contributed by atoms with Crippen LogP contribution in [0.1, 0.15) is 19.8 Å². The molecule has 2 rings (SSSR count). The SMILES string of the molecule is CCOC1CC(CN)(Nc2ccc(F)c(Br)c2)C1. The second kappa shape index (κ2) is 5.55. The molecule has 1 aliphatic carbocycles. The van der Waals surface area contributed by atoms with Gasteiger partial charge in [-0.2, -0.15) is 0 Å². The van der Waals surface area contributed by atoms with E-state index in [0.29, 0.717) is 11.0 Å². The molecule has 5 heteroatoms. The van der Waals surface area contributed by atoms with Crippen LogP contribution in [0.3, 0.4) is 0 Å². The molecule has 0 heterocycles. The summed E-state index contributed by atoms with van der Waals surface area (Å²) in [5, 5.41) is 3.40. The van der Waals surface area contributed by atoms with Crippen molar-refractivity contribution in [2.75, 3.05) is 18.5 Å². The van der Waals surface area contributed by atoms with Crippen molar-refractivity contribution in [2.24, 2.45) is 5.73 Å². The zero-order valence-electron chi connectivity index (χ0n) is 10.4. The number of rotatable bonds is 5. The second-order valence-electron chi connectivity index (χ2n) is 4.72. The average Bonchev–Trinajstić information content (AvgIpc) is 2.31. The van der Waals surface area contributed by atoms with Crippen LogP contribution in [-0.4, -0.2) is 24.8 Å². The van der Waals surface area contributed by atoms with E-state index in [-0.39, 0.29) is 17.5 Å². The molecule has 3 nitrogen and oxygen atoms in total. The highest BCUT2D eigenvalue weighted by molar-refractivity contribution is 9.10. The molecule has 0 spiro atoms. The van der Waals surface area contributed by atoms with E-state index in [1.165, 1.54) is 6.07 Å². The smallest absolute Gasteiger partial charge is 0.137 e. The number of hydrogen-bond donors (Lipinski definition) is 2. The van der Waals surface area contributed by atoms with E-state index in [9.17, 15) is 4.39 Å². The maximum atomic E-state index is 13.2. The van der Waals surface area contributed by atoms with Gasteiger partial charge in [0.2, 0.25) is 0 Å². The number of nitrogens with two attached hydrogens (primary N) is 1. The number of benzene rings is 1. The Morgan fingerprint density at radius 3 is 2.83 bits per heavy atom. The van der Waals surface area contributed by atoms with E-state index in [4.69, 9.17) is 10.5 Å². The molecule has 18 heavy (non-hydrogen) atoms. The van der Waals surface area contributed by atoms with E-state index in [0.717, 1.165) is 25.1 Å². The van der Waals surface area contributed by atoms with Gasteiger partial charge in [0.15, 0.2) is 0 Å². The third kappa shape index (κ3) is 2.84. The van der Waals surface area contributed by atoms with Crippen LogP contribution in [0.25, 0.3) is 0 Å². The van der Waals surface area contributed by atoms with Gasteiger partial charge in [0.05, 0.1) is 16.1 Å². The highest BCUT2D eigenvalue weighted by Gasteiger charge is 2.43. The van der Waals surface area contributed by atoms with Gasteiger partial charge in [-0.1, -0.05) is 0 Å². The van der Waals surface area contributed by atoms with Crippen LogP contribution in [0.4, 0.5) is 10.1 Å². The molecule has 0 aliphatic heterocycles. The molecule has 1 fully saturated rings. The molecule has 0 amide bonds. The van der Waals surface area contributed by atoms with Crippen molar-refractivity contribution in [1.82, 2.24) is 0 Å². The number of nitrogens with one attached hydrogen (secondary N) is 1. The van der Waals surface area contributed by atoms with Crippen LogP contribution in [0.2, 0.25) is 0 Å². The molecule has 1 aromatic carbocycles. The van der Waals surface area contributed by atoms with Gasteiger partial charge in [0.1, 0.15) is 5.82 Å². The quantitative estimate of drug-likeness (QED) is 0.878. The van der Waals surface area contributed by atoms with Crippen molar-refractivity contribution in [3.63, 3.8) is 0 Å². The molecule has 1 aromatic rings. The number of anilines is 1. The van der Waals surface area contributed by atoms with Crippen molar-refractivity contribution in [2.45, 2.75) is 31.4 Å².